The SMILES string of the molecule is [2H]c1c([2H])c(-c2c3c([2H])c([2H])c([2H])c([2H])c3c(-c3c([2H])c4c([2H])c([2H])c([2H])c([2H])c4c4c([2H])c([2H])c([2H])c([2H])c34)c3c([2H])c([2H])c([2H])c([2H])c23)c([2H])c([2H])c1-c1c([2H])c([2H])c2oc3c([2H])c([2H])c4c([2H])c([2H])c([2H])c([2H])c4c3c2c1[2H]. The average Bonchev–Trinajstić information content (AvgIpc) is 4.06. The number of hydrogen-bond acceptors (Lipinski definition) is 1. The van der Waals surface area contributed by atoms with Crippen molar-refractivity contribution in [1.29, 1.82) is 0 Å². The van der Waals surface area contributed by atoms with E-state index in [4.69, 9.17) is 29.1 Å². The fraction of sp³-hybridized carbons (Fsp3) is 0. The molecular formula is C50H30O. The van der Waals surface area contributed by atoms with Gasteiger partial charge in [-0.2, -0.15) is 0 Å². The molecule has 1 nitrogen and oxygen atoms in total. The molecule has 236 valence electrons. The molecule has 1 heteroatoms. The molecular weight excluding hydrogens is 617 g/mol. The van der Waals surface area contributed by atoms with Crippen LogP contribution in [0.25, 0.3) is 109 Å². The van der Waals surface area contributed by atoms with Crippen molar-refractivity contribution in [3.05, 3.63) is 181 Å². The van der Waals surface area contributed by atoms with Crippen LogP contribution >= 0.6 is 0 Å². The molecule has 0 unspecified atom stereocenters. The van der Waals surface area contributed by atoms with Gasteiger partial charge in [0.25, 0.3) is 0 Å². The van der Waals surface area contributed by atoms with Gasteiger partial charge >= 0.3 is 0 Å². The van der Waals surface area contributed by atoms with Gasteiger partial charge in [0.05, 0.1) is 41.1 Å². The van der Waals surface area contributed by atoms with E-state index in [-0.39, 0.29) is 5.39 Å². The topological polar surface area (TPSA) is 13.1 Å². The lowest BCUT2D eigenvalue weighted by Gasteiger charge is -2.19. The second kappa shape index (κ2) is 10.9. The molecule has 0 aliphatic carbocycles. The molecule has 1 heterocycles. The van der Waals surface area contributed by atoms with E-state index in [0.717, 1.165) is 0 Å². The Morgan fingerprint density at radius 2 is 0.824 bits per heavy atom. The van der Waals surface area contributed by atoms with E-state index in [9.17, 15) is 16.4 Å². The van der Waals surface area contributed by atoms with Crippen LogP contribution in [-0.4, -0.2) is 0 Å². The van der Waals surface area contributed by atoms with Crippen LogP contribution in [0.3, 0.4) is 0 Å². The third kappa shape index (κ3) is 4.22. The van der Waals surface area contributed by atoms with Crippen molar-refractivity contribution < 1.29 is 45.5 Å². The van der Waals surface area contributed by atoms with Crippen LogP contribution in [0.4, 0.5) is 0 Å². The molecule has 0 aliphatic rings. The van der Waals surface area contributed by atoms with Crippen LogP contribution in [0.2, 0.25) is 0 Å². The second-order valence-corrected chi connectivity index (χ2v) is 11.3. The molecule has 0 radical (unpaired) electrons. The van der Waals surface area contributed by atoms with E-state index < -0.39 is 285 Å². The number of furan rings is 1. The molecule has 0 amide bonds. The van der Waals surface area contributed by atoms with Gasteiger partial charge in [0.15, 0.2) is 0 Å². The van der Waals surface area contributed by atoms with E-state index in [1.165, 1.54) is 0 Å². The van der Waals surface area contributed by atoms with E-state index in [2.05, 4.69) is 0 Å². The molecule has 0 bridgehead atoms. The van der Waals surface area contributed by atoms with Gasteiger partial charge in [-0.3, -0.25) is 0 Å². The minimum absolute atomic E-state index is 0.383. The Bertz CT molecular complexity index is 4820. The zero-order chi connectivity index (χ0) is 59.6. The van der Waals surface area contributed by atoms with Gasteiger partial charge < -0.3 is 4.42 Å². The minimum Gasteiger partial charge on any atom is -0.456 e. The maximum atomic E-state index is 9.83. The van der Waals surface area contributed by atoms with Gasteiger partial charge in [0.2, 0.25) is 0 Å². The zero-order valence-corrected chi connectivity index (χ0v) is 25.4. The van der Waals surface area contributed by atoms with E-state index >= 15 is 0 Å². The summed E-state index contributed by atoms with van der Waals surface area (Å²) in [6, 6.07) is -28.2. The van der Waals surface area contributed by atoms with Crippen molar-refractivity contribution >= 4 is 75.8 Å². The Morgan fingerprint density at radius 3 is 1.53 bits per heavy atom. The maximum Gasteiger partial charge on any atom is 0.136 e. The highest BCUT2D eigenvalue weighted by atomic mass is 16.3. The highest BCUT2D eigenvalue weighted by Gasteiger charge is 2.19. The van der Waals surface area contributed by atoms with E-state index in [0.29, 0.717) is 0 Å². The molecule has 0 atom stereocenters. The minimum atomic E-state index is -1.14. The van der Waals surface area contributed by atoms with E-state index in [1.54, 1.807) is 0 Å². The van der Waals surface area contributed by atoms with Gasteiger partial charge in [-0.05, 0) is 111 Å². The lowest BCUT2D eigenvalue weighted by molar-refractivity contribution is 0.669. The van der Waals surface area contributed by atoms with Crippen molar-refractivity contribution in [2.45, 2.75) is 0 Å². The molecule has 1 aromatic heterocycles. The standard InChI is InChI=1S/C50H30O/c1-4-14-37-32(11-1)25-28-47-50(37)45-29-34(26-27-46(45)51-47)31-21-23-33(24-22-31)48-40-17-7-9-19-42(40)49(43-20-10-8-18-41(43)48)44-30-35-12-2-3-13-36(35)38-15-5-6-16-39(38)44/h1-30H/i1D,2D,3D,4D,5D,6D,7D,8D,9D,10D,11D,12D,13D,14D,15D,16D,17D,18D,19D,20D,21D,22D,23D,24D,25D,26D,27D,28D,29D,30D. The Kier molecular flexibility index (Phi) is 2.50. The predicted octanol–water partition coefficient (Wildman–Crippen LogP) is 14.4. The van der Waals surface area contributed by atoms with Gasteiger partial charge in [-0.25, -0.2) is 0 Å². The molecule has 51 heavy (non-hydrogen) atoms. The first-order valence-electron chi connectivity index (χ1n) is 30.2. The summed E-state index contributed by atoms with van der Waals surface area (Å²) in [6.45, 7) is 0. The molecule has 0 fully saturated rings. The van der Waals surface area contributed by atoms with Crippen molar-refractivity contribution in [2.75, 3.05) is 0 Å². The van der Waals surface area contributed by atoms with Gasteiger partial charge in [-0.15, -0.1) is 0 Å². The summed E-state index contributed by atoms with van der Waals surface area (Å²) in [4.78, 5) is 0. The molecule has 0 saturated carbocycles. The van der Waals surface area contributed by atoms with Crippen LogP contribution in [0.15, 0.2) is 186 Å². The van der Waals surface area contributed by atoms with Crippen LogP contribution in [0.1, 0.15) is 41.1 Å². The number of rotatable bonds is 3. The van der Waals surface area contributed by atoms with Crippen molar-refractivity contribution in [3.8, 4) is 33.4 Å². The largest absolute Gasteiger partial charge is 0.456 e. The highest BCUT2D eigenvalue weighted by molar-refractivity contribution is 6.26. The molecule has 0 N–H and O–H groups in total. The average molecular weight is 677 g/mol. The number of benzene rings is 10. The Morgan fingerprint density at radius 1 is 0.314 bits per heavy atom. The first kappa shape index (κ1) is 11.7. The van der Waals surface area contributed by atoms with Crippen LogP contribution in [0, 0.1) is 0 Å². The first-order chi connectivity index (χ1) is 37.8. The van der Waals surface area contributed by atoms with Crippen LogP contribution in [-0.2, 0) is 0 Å². The lowest BCUT2D eigenvalue weighted by atomic mass is 9.83. The Labute approximate surface area is 336 Å². The maximum absolute atomic E-state index is 9.83. The predicted molar refractivity (Wildman–Crippen MR) is 218 cm³/mol. The molecule has 0 saturated heterocycles. The summed E-state index contributed by atoms with van der Waals surface area (Å²) in [5.74, 6) is 0. The van der Waals surface area contributed by atoms with Crippen molar-refractivity contribution in [3.63, 3.8) is 0 Å². The van der Waals surface area contributed by atoms with Crippen molar-refractivity contribution in [1.82, 2.24) is 0 Å². The Balaban J connectivity index is 1.37. The monoisotopic (exact) mass is 676 g/mol. The molecule has 11 rings (SSSR count). The fourth-order valence-corrected chi connectivity index (χ4v) is 6.42. The quantitative estimate of drug-likeness (QED) is 0.134. The molecule has 0 spiro atoms. The number of hydrogen-bond donors (Lipinski definition) is 0. The third-order valence-corrected chi connectivity index (χ3v) is 8.57. The van der Waals surface area contributed by atoms with Gasteiger partial charge in [0.1, 0.15) is 11.2 Å². The van der Waals surface area contributed by atoms with Gasteiger partial charge in [0, 0.05) is 10.8 Å². The summed E-state index contributed by atoms with van der Waals surface area (Å²) in [6.07, 6.45) is 0. The molecule has 10 aromatic carbocycles. The smallest absolute Gasteiger partial charge is 0.136 e. The third-order valence-electron chi connectivity index (χ3n) is 8.57. The second-order valence-electron chi connectivity index (χ2n) is 11.3. The molecule has 0 aliphatic heterocycles. The summed E-state index contributed by atoms with van der Waals surface area (Å²) in [7, 11) is 0. The highest BCUT2D eigenvalue weighted by Crippen LogP contribution is 2.47. The first-order valence-corrected chi connectivity index (χ1v) is 15.2. The Hall–Kier alpha value is -6.70. The van der Waals surface area contributed by atoms with Gasteiger partial charge in [-0.1, -0.05) is 157 Å². The molecule has 11 aromatic rings. The van der Waals surface area contributed by atoms with Crippen LogP contribution in [0.5, 0.6) is 0 Å². The zero-order valence-electron chi connectivity index (χ0n) is 55.4. The summed E-state index contributed by atoms with van der Waals surface area (Å²) >= 11 is 0. The van der Waals surface area contributed by atoms with E-state index in [1.807, 2.05) is 0 Å². The summed E-state index contributed by atoms with van der Waals surface area (Å²) in [5, 5.41) is -7.47. The lowest BCUT2D eigenvalue weighted by Crippen LogP contribution is -1.92. The summed E-state index contributed by atoms with van der Waals surface area (Å²) < 4.78 is 279. The van der Waals surface area contributed by atoms with Crippen molar-refractivity contribution in [2.24, 2.45) is 0 Å². The number of fused-ring (bicyclic) bond motifs is 10. The van der Waals surface area contributed by atoms with Crippen LogP contribution < -0.4 is 0 Å². The summed E-state index contributed by atoms with van der Waals surface area (Å²) in [5.41, 5.74) is -6.02. The normalized spacial score (nSPS) is 20.2. The fourth-order valence-electron chi connectivity index (χ4n) is 6.42.